The number of halogens is 1. The molecule has 1 aliphatic carbocycles. The van der Waals surface area contributed by atoms with E-state index in [0.29, 0.717) is 23.4 Å². The van der Waals surface area contributed by atoms with E-state index in [2.05, 4.69) is 16.4 Å². The van der Waals surface area contributed by atoms with E-state index in [1.165, 1.54) is 11.1 Å². The fourth-order valence-electron chi connectivity index (χ4n) is 4.10. The highest BCUT2D eigenvalue weighted by atomic mass is 19.1. The van der Waals surface area contributed by atoms with Gasteiger partial charge in [0.05, 0.1) is 23.9 Å². The van der Waals surface area contributed by atoms with Gasteiger partial charge in [0, 0.05) is 19.2 Å². The number of nitrogens with one attached hydrogen (secondary N) is 1. The zero-order chi connectivity index (χ0) is 25.1. The number of aromatic nitrogens is 1. The van der Waals surface area contributed by atoms with Crippen LogP contribution in [0.2, 0.25) is 0 Å². The van der Waals surface area contributed by atoms with E-state index >= 15 is 0 Å². The van der Waals surface area contributed by atoms with Crippen molar-refractivity contribution in [2.45, 2.75) is 25.1 Å². The van der Waals surface area contributed by atoms with Crippen LogP contribution < -0.4 is 15.8 Å². The molecule has 1 aliphatic heterocycles. The molecule has 2 fully saturated rings. The number of hydrogen-bond acceptors (Lipinski definition) is 7. The van der Waals surface area contributed by atoms with Crippen LogP contribution in [0.15, 0.2) is 36.5 Å². The van der Waals surface area contributed by atoms with Gasteiger partial charge in [0.15, 0.2) is 6.17 Å². The van der Waals surface area contributed by atoms with Crippen molar-refractivity contribution in [3.63, 3.8) is 0 Å². The number of rotatable bonds is 7. The van der Waals surface area contributed by atoms with E-state index in [1.807, 2.05) is 0 Å². The van der Waals surface area contributed by atoms with E-state index < -0.39 is 42.5 Å². The normalized spacial score (nSPS) is 23.2. The van der Waals surface area contributed by atoms with Gasteiger partial charge in [-0.3, -0.25) is 14.4 Å². The molecule has 2 heterocycles. The van der Waals surface area contributed by atoms with Crippen molar-refractivity contribution in [1.29, 1.82) is 5.26 Å². The molecule has 2 aliphatic rings. The van der Waals surface area contributed by atoms with Crippen molar-refractivity contribution in [2.75, 3.05) is 25.0 Å². The van der Waals surface area contributed by atoms with Gasteiger partial charge in [-0.05, 0) is 41.8 Å². The number of alkyl halides is 1. The van der Waals surface area contributed by atoms with Crippen molar-refractivity contribution in [3.8, 4) is 22.9 Å². The molecule has 10 nitrogen and oxygen atoms in total. The zero-order valence-corrected chi connectivity index (χ0v) is 18.7. The standard InChI is InChI=1S/C24H24FN5O5/c25-18-11-30(22(32)12-31)6-4-20(18)35-19-2-1-13(7-15(19)10-26)14-3-5-28-21(8-14)29-24(34)17-9-16(17)23(27)33/h1-3,5,7-8,16-18,20,31H,4,6,9,11-12H2,(H2,27,33)(H,28,29,34)/t16-,17+,18+,20-/m0/s1. The number of primary amides is 1. The van der Waals surface area contributed by atoms with Gasteiger partial charge in [0.1, 0.15) is 30.3 Å². The minimum atomic E-state index is -1.46. The summed E-state index contributed by atoms with van der Waals surface area (Å²) in [7, 11) is 0. The molecular formula is C24H24FN5O5. The predicted octanol–water partition coefficient (Wildman–Crippen LogP) is 0.990. The second-order valence-electron chi connectivity index (χ2n) is 8.55. The van der Waals surface area contributed by atoms with Crippen LogP contribution in [0.4, 0.5) is 10.2 Å². The lowest BCUT2D eigenvalue weighted by Crippen LogP contribution is -2.50. The van der Waals surface area contributed by atoms with Crippen molar-refractivity contribution in [1.82, 2.24) is 9.88 Å². The number of aliphatic hydroxyl groups excluding tert-OH is 1. The Bertz CT molecular complexity index is 1200. The molecule has 35 heavy (non-hydrogen) atoms. The topological polar surface area (TPSA) is 159 Å². The maximum absolute atomic E-state index is 14.6. The number of likely N-dealkylation sites (tertiary alicyclic amines) is 1. The summed E-state index contributed by atoms with van der Waals surface area (Å²) in [4.78, 5) is 40.5. The number of pyridine rings is 1. The number of benzene rings is 1. The first-order valence-electron chi connectivity index (χ1n) is 11.1. The average Bonchev–Trinajstić information content (AvgIpc) is 3.67. The number of aliphatic hydroxyl groups is 1. The molecule has 1 aromatic heterocycles. The first-order valence-corrected chi connectivity index (χ1v) is 11.1. The molecule has 1 saturated heterocycles. The molecule has 4 N–H and O–H groups in total. The molecular weight excluding hydrogens is 457 g/mol. The Morgan fingerprint density at radius 1 is 1.26 bits per heavy atom. The number of carbonyl (C=O) groups excluding carboxylic acids is 3. The van der Waals surface area contributed by atoms with Gasteiger partial charge >= 0.3 is 0 Å². The highest BCUT2D eigenvalue weighted by Gasteiger charge is 2.47. The Hall–Kier alpha value is -4.04. The monoisotopic (exact) mass is 481 g/mol. The lowest BCUT2D eigenvalue weighted by molar-refractivity contribution is -0.138. The maximum Gasteiger partial charge on any atom is 0.248 e. The fourth-order valence-corrected chi connectivity index (χ4v) is 4.10. The quantitative estimate of drug-likeness (QED) is 0.532. The Morgan fingerprint density at radius 2 is 2.03 bits per heavy atom. The Kier molecular flexibility index (Phi) is 6.93. The second kappa shape index (κ2) is 10.1. The first-order chi connectivity index (χ1) is 16.8. The van der Waals surface area contributed by atoms with Crippen LogP contribution in [0.1, 0.15) is 18.4 Å². The van der Waals surface area contributed by atoms with Crippen molar-refractivity contribution in [3.05, 3.63) is 42.1 Å². The lowest BCUT2D eigenvalue weighted by atomic mass is 10.0. The predicted molar refractivity (Wildman–Crippen MR) is 121 cm³/mol. The van der Waals surface area contributed by atoms with Gasteiger partial charge in [0.25, 0.3) is 0 Å². The van der Waals surface area contributed by atoms with Crippen LogP contribution in [-0.2, 0) is 14.4 Å². The Balaban J connectivity index is 1.45. The van der Waals surface area contributed by atoms with Gasteiger partial charge in [-0.1, -0.05) is 6.07 Å². The Labute approximate surface area is 200 Å². The summed E-state index contributed by atoms with van der Waals surface area (Å²) < 4.78 is 20.4. The number of nitrogens with zero attached hydrogens (tertiary/aromatic N) is 3. The summed E-state index contributed by atoms with van der Waals surface area (Å²) in [6.07, 6.45) is -0.133. The third-order valence-corrected chi connectivity index (χ3v) is 6.19. The number of ether oxygens (including phenoxy) is 1. The molecule has 2 aromatic rings. The summed E-state index contributed by atoms with van der Waals surface area (Å²) in [6, 6.07) is 10.3. The highest BCUT2D eigenvalue weighted by molar-refractivity contribution is 5.99. The van der Waals surface area contributed by atoms with E-state index in [0.717, 1.165) is 0 Å². The minimum absolute atomic E-state index is 0.184. The molecule has 4 rings (SSSR count). The first kappa shape index (κ1) is 24.1. The third kappa shape index (κ3) is 5.38. The summed E-state index contributed by atoms with van der Waals surface area (Å²) >= 11 is 0. The zero-order valence-electron chi connectivity index (χ0n) is 18.7. The largest absolute Gasteiger partial charge is 0.486 e. The number of anilines is 1. The van der Waals surface area contributed by atoms with Gasteiger partial charge in [-0.25, -0.2) is 9.37 Å². The lowest BCUT2D eigenvalue weighted by Gasteiger charge is -2.34. The van der Waals surface area contributed by atoms with Gasteiger partial charge in [0.2, 0.25) is 17.7 Å². The molecule has 1 saturated carbocycles. The molecule has 11 heteroatoms. The Morgan fingerprint density at radius 3 is 2.69 bits per heavy atom. The number of nitriles is 1. The third-order valence-electron chi connectivity index (χ3n) is 6.19. The molecule has 3 amide bonds. The van der Waals surface area contributed by atoms with Crippen LogP contribution in [-0.4, -0.2) is 64.7 Å². The van der Waals surface area contributed by atoms with E-state index in [9.17, 15) is 24.0 Å². The SMILES string of the molecule is N#Cc1cc(-c2ccnc(NC(=O)[C@@H]3C[C@@H]3C(N)=O)c2)ccc1O[C@H]1CCN(C(=O)CO)C[C@H]1F. The number of carbonyl (C=O) groups is 3. The van der Waals surface area contributed by atoms with E-state index in [-0.39, 0.29) is 36.7 Å². The van der Waals surface area contributed by atoms with E-state index in [4.69, 9.17) is 15.6 Å². The number of amides is 3. The van der Waals surface area contributed by atoms with Crippen molar-refractivity contribution < 1.29 is 28.6 Å². The minimum Gasteiger partial charge on any atom is -0.486 e. The average molecular weight is 481 g/mol. The number of piperidine rings is 1. The maximum atomic E-state index is 14.6. The molecule has 182 valence electrons. The van der Waals surface area contributed by atoms with Crippen molar-refractivity contribution in [2.24, 2.45) is 17.6 Å². The molecule has 0 bridgehead atoms. The van der Waals surface area contributed by atoms with Crippen LogP contribution >= 0.6 is 0 Å². The van der Waals surface area contributed by atoms with E-state index in [1.54, 1.807) is 30.3 Å². The number of nitrogens with two attached hydrogens (primary N) is 1. The molecule has 4 atom stereocenters. The van der Waals surface area contributed by atoms with Crippen molar-refractivity contribution >= 4 is 23.5 Å². The van der Waals surface area contributed by atoms with Crippen LogP contribution in [0.3, 0.4) is 0 Å². The number of hydrogen-bond donors (Lipinski definition) is 3. The van der Waals surface area contributed by atoms with Crippen LogP contribution in [0.5, 0.6) is 5.75 Å². The fraction of sp³-hybridized carbons (Fsp3) is 0.375. The van der Waals surface area contributed by atoms with Gasteiger partial charge in [-0.15, -0.1) is 0 Å². The summed E-state index contributed by atoms with van der Waals surface area (Å²) in [6.45, 7) is -0.610. The van der Waals surface area contributed by atoms with Gasteiger partial charge in [-0.2, -0.15) is 5.26 Å². The smallest absolute Gasteiger partial charge is 0.248 e. The van der Waals surface area contributed by atoms with Crippen LogP contribution in [0, 0.1) is 23.2 Å². The van der Waals surface area contributed by atoms with Gasteiger partial charge < -0.3 is 25.8 Å². The summed E-state index contributed by atoms with van der Waals surface area (Å²) in [5.74, 6) is -1.74. The van der Waals surface area contributed by atoms with Crippen LogP contribution in [0.25, 0.3) is 11.1 Å². The molecule has 0 unspecified atom stereocenters. The highest BCUT2D eigenvalue weighted by Crippen LogP contribution is 2.39. The summed E-state index contributed by atoms with van der Waals surface area (Å²) in [5.41, 5.74) is 6.78. The summed E-state index contributed by atoms with van der Waals surface area (Å²) in [5, 5.41) is 21.3. The molecule has 0 radical (unpaired) electrons. The molecule has 0 spiro atoms. The molecule has 1 aromatic carbocycles. The second-order valence-corrected chi connectivity index (χ2v) is 8.55.